The smallest absolute Gasteiger partial charge is 0.410 e. The molecule has 0 radical (unpaired) electrons. The molecule has 1 N–H and O–H groups in total. The molecule has 0 aliphatic carbocycles. The monoisotopic (exact) mass is 447 g/mol. The zero-order valence-electron chi connectivity index (χ0n) is 19.4. The molecule has 0 aromatic heterocycles. The van der Waals surface area contributed by atoms with Gasteiger partial charge in [-0.1, -0.05) is 12.1 Å². The highest BCUT2D eigenvalue weighted by Crippen LogP contribution is 2.25. The lowest BCUT2D eigenvalue weighted by Gasteiger charge is -2.33. The second-order valence-electron chi connectivity index (χ2n) is 9.64. The van der Waals surface area contributed by atoms with Crippen LogP contribution in [0.2, 0.25) is 0 Å². The lowest BCUT2D eigenvalue weighted by Crippen LogP contribution is -2.42. The molecule has 6 nitrogen and oxygen atoms in total. The third-order valence-corrected chi connectivity index (χ3v) is 6.90. The highest BCUT2D eigenvalue weighted by Gasteiger charge is 2.28. The molecular weight excluding hydrogens is 410 g/mol. The third kappa shape index (κ3) is 7.42. The van der Waals surface area contributed by atoms with E-state index in [1.807, 2.05) is 44.7 Å². The van der Waals surface area contributed by atoms with Gasteiger partial charge in [0.2, 0.25) is 5.91 Å². The van der Waals surface area contributed by atoms with E-state index in [4.69, 9.17) is 4.74 Å². The molecule has 1 aromatic carbocycles. The summed E-state index contributed by atoms with van der Waals surface area (Å²) in [5.74, 6) is 2.75. The number of carbonyl (C=O) groups excluding carboxylic acids is 2. The maximum atomic E-state index is 12.7. The molecule has 2 aliphatic heterocycles. The van der Waals surface area contributed by atoms with E-state index in [0.717, 1.165) is 43.7 Å². The van der Waals surface area contributed by atoms with Crippen LogP contribution in [0.4, 0.5) is 10.5 Å². The Balaban J connectivity index is 1.48. The molecule has 2 aliphatic rings. The predicted molar refractivity (Wildman–Crippen MR) is 128 cm³/mol. The van der Waals surface area contributed by atoms with Crippen LogP contribution in [-0.2, 0) is 16.1 Å². The number of hydrogen-bond acceptors (Lipinski definition) is 5. The van der Waals surface area contributed by atoms with Gasteiger partial charge in [-0.05, 0) is 63.6 Å². The van der Waals surface area contributed by atoms with Gasteiger partial charge in [-0.2, -0.15) is 11.8 Å². The van der Waals surface area contributed by atoms with E-state index in [-0.39, 0.29) is 12.0 Å². The molecular formula is C24H37N3O3S. The van der Waals surface area contributed by atoms with Crippen LogP contribution in [0.3, 0.4) is 0 Å². The van der Waals surface area contributed by atoms with Crippen molar-refractivity contribution in [2.45, 2.75) is 59.1 Å². The number of carbonyl (C=O) groups is 2. The second kappa shape index (κ2) is 10.7. The highest BCUT2D eigenvalue weighted by atomic mass is 32.2. The van der Waals surface area contributed by atoms with E-state index in [1.165, 1.54) is 17.1 Å². The lowest BCUT2D eigenvalue weighted by atomic mass is 9.93. The van der Waals surface area contributed by atoms with Crippen LogP contribution >= 0.6 is 11.8 Å². The number of ether oxygens (including phenoxy) is 1. The van der Waals surface area contributed by atoms with E-state index in [2.05, 4.69) is 23.2 Å². The first-order valence-corrected chi connectivity index (χ1v) is 12.5. The molecule has 0 unspecified atom stereocenters. The van der Waals surface area contributed by atoms with E-state index in [0.29, 0.717) is 25.4 Å². The molecule has 3 rings (SSSR count). The van der Waals surface area contributed by atoms with Crippen molar-refractivity contribution < 1.29 is 14.3 Å². The normalized spacial score (nSPS) is 18.6. The molecule has 31 heavy (non-hydrogen) atoms. The summed E-state index contributed by atoms with van der Waals surface area (Å²) in [6, 6.07) is 6.20. The summed E-state index contributed by atoms with van der Waals surface area (Å²) in [7, 11) is 0. The maximum absolute atomic E-state index is 12.7. The molecule has 2 heterocycles. The Hall–Kier alpha value is -1.73. The van der Waals surface area contributed by atoms with Crippen molar-refractivity contribution in [3.63, 3.8) is 0 Å². The number of nitrogens with one attached hydrogen (secondary N) is 1. The van der Waals surface area contributed by atoms with Gasteiger partial charge in [0.25, 0.3) is 0 Å². The van der Waals surface area contributed by atoms with Crippen molar-refractivity contribution in [3.8, 4) is 0 Å². The van der Waals surface area contributed by atoms with Crippen LogP contribution < -0.4 is 5.32 Å². The molecule has 2 amide bonds. The summed E-state index contributed by atoms with van der Waals surface area (Å²) in [5, 5.41) is 3.13. The molecule has 0 spiro atoms. The number of anilines is 1. The van der Waals surface area contributed by atoms with Crippen LogP contribution in [0, 0.1) is 12.8 Å². The molecule has 0 saturated carbocycles. The number of amides is 2. The van der Waals surface area contributed by atoms with Crippen LogP contribution in [0.25, 0.3) is 0 Å². The molecule has 0 bridgehead atoms. The fraction of sp³-hybridized carbons (Fsp3) is 0.667. The quantitative estimate of drug-likeness (QED) is 0.719. The Labute approximate surface area is 191 Å². The Morgan fingerprint density at radius 1 is 1.13 bits per heavy atom. The number of piperidine rings is 1. The summed E-state index contributed by atoms with van der Waals surface area (Å²) in [5.41, 5.74) is 2.89. The molecule has 7 heteroatoms. The third-order valence-electron chi connectivity index (χ3n) is 5.96. The zero-order valence-corrected chi connectivity index (χ0v) is 20.2. The zero-order chi connectivity index (χ0) is 22.4. The Morgan fingerprint density at radius 2 is 1.81 bits per heavy atom. The fourth-order valence-corrected chi connectivity index (χ4v) is 5.08. The lowest BCUT2D eigenvalue weighted by molar-refractivity contribution is -0.117. The first-order valence-electron chi connectivity index (χ1n) is 11.4. The first kappa shape index (κ1) is 23.9. The van der Waals surface area contributed by atoms with Crippen molar-refractivity contribution in [1.29, 1.82) is 0 Å². The second-order valence-corrected chi connectivity index (χ2v) is 10.9. The Morgan fingerprint density at radius 3 is 2.45 bits per heavy atom. The summed E-state index contributed by atoms with van der Waals surface area (Å²) in [4.78, 5) is 29.2. The molecule has 2 saturated heterocycles. The van der Waals surface area contributed by atoms with Crippen molar-refractivity contribution >= 4 is 29.4 Å². The van der Waals surface area contributed by atoms with Gasteiger partial charge in [0, 0.05) is 56.3 Å². The number of likely N-dealkylation sites (tertiary alicyclic amines) is 1. The fourth-order valence-electron chi connectivity index (χ4n) is 4.10. The van der Waals surface area contributed by atoms with E-state index < -0.39 is 5.60 Å². The van der Waals surface area contributed by atoms with Gasteiger partial charge in [0.1, 0.15) is 5.60 Å². The minimum atomic E-state index is -0.479. The summed E-state index contributed by atoms with van der Waals surface area (Å²) in [6.45, 7) is 12.2. The summed E-state index contributed by atoms with van der Waals surface area (Å²) in [6.07, 6.45) is 1.90. The van der Waals surface area contributed by atoms with Crippen LogP contribution in [0.1, 0.15) is 51.2 Å². The van der Waals surface area contributed by atoms with Gasteiger partial charge >= 0.3 is 6.09 Å². The number of nitrogens with zero attached hydrogens (tertiary/aromatic N) is 2. The molecule has 2 fully saturated rings. The van der Waals surface area contributed by atoms with Crippen molar-refractivity contribution in [3.05, 3.63) is 29.3 Å². The molecule has 0 atom stereocenters. The molecule has 172 valence electrons. The van der Waals surface area contributed by atoms with E-state index in [9.17, 15) is 9.59 Å². The topological polar surface area (TPSA) is 61.9 Å². The van der Waals surface area contributed by atoms with Crippen molar-refractivity contribution in [2.75, 3.05) is 43.0 Å². The van der Waals surface area contributed by atoms with E-state index >= 15 is 0 Å². The van der Waals surface area contributed by atoms with Gasteiger partial charge < -0.3 is 15.0 Å². The van der Waals surface area contributed by atoms with Gasteiger partial charge in [0.15, 0.2) is 0 Å². The van der Waals surface area contributed by atoms with Gasteiger partial charge in [-0.25, -0.2) is 4.79 Å². The Bertz CT molecular complexity index is 764. The maximum Gasteiger partial charge on any atom is 0.410 e. The average Bonchev–Trinajstić information content (AvgIpc) is 2.71. The largest absolute Gasteiger partial charge is 0.444 e. The first-order chi connectivity index (χ1) is 14.7. The number of rotatable bonds is 5. The van der Waals surface area contributed by atoms with Crippen LogP contribution in [-0.4, -0.2) is 65.1 Å². The van der Waals surface area contributed by atoms with Crippen molar-refractivity contribution in [2.24, 2.45) is 5.92 Å². The summed E-state index contributed by atoms with van der Waals surface area (Å²) >= 11 is 2.02. The standard InChI is InChI=1S/C24H37N3O3S/c1-18-20(17-26-12-14-31-15-13-26)6-5-7-21(18)25-22(28)16-19-8-10-27(11-9-19)23(29)30-24(2,3)4/h5-7,19H,8-17H2,1-4H3,(H,25,28). The minimum absolute atomic E-state index is 0.0605. The summed E-state index contributed by atoms with van der Waals surface area (Å²) < 4.78 is 5.45. The number of benzene rings is 1. The predicted octanol–water partition coefficient (Wildman–Crippen LogP) is 4.52. The van der Waals surface area contributed by atoms with Crippen LogP contribution in [0.15, 0.2) is 18.2 Å². The average molecular weight is 448 g/mol. The van der Waals surface area contributed by atoms with Gasteiger partial charge in [-0.3, -0.25) is 9.69 Å². The van der Waals surface area contributed by atoms with E-state index in [1.54, 1.807) is 4.90 Å². The number of hydrogen-bond donors (Lipinski definition) is 1. The van der Waals surface area contributed by atoms with Gasteiger partial charge in [0.05, 0.1) is 0 Å². The van der Waals surface area contributed by atoms with Crippen LogP contribution in [0.5, 0.6) is 0 Å². The number of thioether (sulfide) groups is 1. The SMILES string of the molecule is Cc1c(CN2CCSCC2)cccc1NC(=O)CC1CCN(C(=O)OC(C)(C)C)CC1. The highest BCUT2D eigenvalue weighted by molar-refractivity contribution is 7.99. The molecule has 1 aromatic rings. The van der Waals surface area contributed by atoms with Crippen molar-refractivity contribution in [1.82, 2.24) is 9.80 Å². The Kier molecular flexibility index (Phi) is 8.28. The van der Waals surface area contributed by atoms with Gasteiger partial charge in [-0.15, -0.1) is 0 Å². The minimum Gasteiger partial charge on any atom is -0.444 e.